The van der Waals surface area contributed by atoms with E-state index < -0.39 is 10.0 Å². The molecule has 1 heterocycles. The zero-order chi connectivity index (χ0) is 10.2. The summed E-state index contributed by atoms with van der Waals surface area (Å²) in [4.78, 5) is 6.55. The summed E-state index contributed by atoms with van der Waals surface area (Å²) in [5, 5.41) is 0.149. The van der Waals surface area contributed by atoms with Crippen LogP contribution in [0.4, 0.5) is 0 Å². The predicted octanol–water partition coefficient (Wildman–Crippen LogP) is 0.406. The molecule has 0 bridgehead atoms. The lowest BCUT2D eigenvalue weighted by molar-refractivity contribution is 0.574. The molecule has 1 fully saturated rings. The standard InChI is InChI=1S/C8H13N3O2S/c1-6-9-5-8(11-6)14(12,13)10-4-7-2-3-7/h5,7,10H,2-4H2,1H3,(H,9,11). The van der Waals surface area contributed by atoms with Crippen LogP contribution in [-0.2, 0) is 10.0 Å². The lowest BCUT2D eigenvalue weighted by Gasteiger charge is -2.02. The molecule has 0 amide bonds. The zero-order valence-corrected chi connectivity index (χ0v) is 8.76. The summed E-state index contributed by atoms with van der Waals surface area (Å²) in [5.41, 5.74) is 0. The smallest absolute Gasteiger partial charge is 0.257 e. The van der Waals surface area contributed by atoms with E-state index in [1.54, 1.807) is 6.92 Å². The van der Waals surface area contributed by atoms with Crippen LogP contribution in [0, 0.1) is 12.8 Å². The minimum atomic E-state index is -3.36. The van der Waals surface area contributed by atoms with E-state index in [4.69, 9.17) is 0 Å². The van der Waals surface area contributed by atoms with Gasteiger partial charge in [-0.2, -0.15) is 0 Å². The molecule has 2 rings (SSSR count). The van der Waals surface area contributed by atoms with Gasteiger partial charge in [-0.05, 0) is 25.7 Å². The Morgan fingerprint density at radius 2 is 2.36 bits per heavy atom. The van der Waals surface area contributed by atoms with Crippen LogP contribution >= 0.6 is 0 Å². The molecule has 1 aliphatic rings. The molecule has 1 aromatic heterocycles. The third kappa shape index (κ3) is 2.13. The molecular formula is C8H13N3O2S. The van der Waals surface area contributed by atoms with Gasteiger partial charge in [0, 0.05) is 6.54 Å². The molecule has 78 valence electrons. The van der Waals surface area contributed by atoms with Crippen LogP contribution in [0.1, 0.15) is 18.7 Å². The van der Waals surface area contributed by atoms with Gasteiger partial charge in [0.05, 0.1) is 6.20 Å². The Balaban J connectivity index is 2.06. The fourth-order valence-corrected chi connectivity index (χ4v) is 2.25. The van der Waals surface area contributed by atoms with Crippen molar-refractivity contribution in [3.05, 3.63) is 12.0 Å². The Morgan fingerprint density at radius 3 is 2.86 bits per heavy atom. The molecule has 1 saturated carbocycles. The number of imidazole rings is 1. The molecule has 2 N–H and O–H groups in total. The molecule has 1 aromatic rings. The second-order valence-electron chi connectivity index (χ2n) is 3.63. The second kappa shape index (κ2) is 3.36. The Morgan fingerprint density at radius 1 is 1.64 bits per heavy atom. The van der Waals surface area contributed by atoms with Crippen molar-refractivity contribution in [1.29, 1.82) is 0 Å². The van der Waals surface area contributed by atoms with Crippen molar-refractivity contribution in [2.75, 3.05) is 6.54 Å². The zero-order valence-electron chi connectivity index (χ0n) is 7.95. The molecule has 6 heteroatoms. The van der Waals surface area contributed by atoms with E-state index in [1.165, 1.54) is 6.20 Å². The van der Waals surface area contributed by atoms with Gasteiger partial charge in [-0.15, -0.1) is 0 Å². The number of sulfonamides is 1. The molecule has 0 unspecified atom stereocenters. The van der Waals surface area contributed by atoms with E-state index >= 15 is 0 Å². The summed E-state index contributed by atoms with van der Waals surface area (Å²) in [6.45, 7) is 2.26. The lowest BCUT2D eigenvalue weighted by atomic mass is 10.4. The van der Waals surface area contributed by atoms with Crippen LogP contribution < -0.4 is 4.72 Å². The van der Waals surface area contributed by atoms with Gasteiger partial charge in [0.1, 0.15) is 5.82 Å². The molecule has 1 aliphatic carbocycles. The topological polar surface area (TPSA) is 74.8 Å². The highest BCUT2D eigenvalue weighted by Gasteiger charge is 2.24. The van der Waals surface area contributed by atoms with E-state index in [-0.39, 0.29) is 5.03 Å². The van der Waals surface area contributed by atoms with Crippen molar-refractivity contribution in [2.45, 2.75) is 24.8 Å². The number of hydrogen-bond donors (Lipinski definition) is 2. The molecule has 14 heavy (non-hydrogen) atoms. The summed E-state index contributed by atoms with van der Waals surface area (Å²) in [6.07, 6.45) is 3.60. The monoisotopic (exact) mass is 215 g/mol. The molecule has 0 aliphatic heterocycles. The lowest BCUT2D eigenvalue weighted by Crippen LogP contribution is -2.26. The predicted molar refractivity (Wildman–Crippen MR) is 51.2 cm³/mol. The first-order valence-corrected chi connectivity index (χ1v) is 6.07. The van der Waals surface area contributed by atoms with Crippen LogP contribution in [0.15, 0.2) is 11.2 Å². The van der Waals surface area contributed by atoms with E-state index in [9.17, 15) is 8.42 Å². The number of aromatic amines is 1. The molecule has 0 aromatic carbocycles. The van der Waals surface area contributed by atoms with Crippen molar-refractivity contribution < 1.29 is 8.42 Å². The number of aryl methyl sites for hydroxylation is 1. The molecule has 0 atom stereocenters. The van der Waals surface area contributed by atoms with Gasteiger partial charge in [-0.25, -0.2) is 18.1 Å². The van der Waals surface area contributed by atoms with E-state index in [0.717, 1.165) is 12.8 Å². The first kappa shape index (κ1) is 9.67. The van der Waals surface area contributed by atoms with Crippen LogP contribution in [0.5, 0.6) is 0 Å². The van der Waals surface area contributed by atoms with Crippen molar-refractivity contribution in [3.8, 4) is 0 Å². The van der Waals surface area contributed by atoms with Crippen molar-refractivity contribution in [2.24, 2.45) is 5.92 Å². The SMILES string of the molecule is Cc1ncc(S(=O)(=O)NCC2CC2)[nH]1. The Kier molecular flexibility index (Phi) is 2.32. The number of H-pyrrole nitrogens is 1. The average Bonchev–Trinajstić information content (AvgIpc) is 2.85. The van der Waals surface area contributed by atoms with Crippen LogP contribution in [0.3, 0.4) is 0 Å². The highest BCUT2D eigenvalue weighted by Crippen LogP contribution is 2.28. The Bertz CT molecular complexity index is 420. The van der Waals surface area contributed by atoms with Crippen molar-refractivity contribution in [1.82, 2.24) is 14.7 Å². The maximum atomic E-state index is 11.6. The van der Waals surface area contributed by atoms with E-state index in [1.807, 2.05) is 0 Å². The van der Waals surface area contributed by atoms with Crippen molar-refractivity contribution >= 4 is 10.0 Å². The summed E-state index contributed by atoms with van der Waals surface area (Å²) in [6, 6.07) is 0. The summed E-state index contributed by atoms with van der Waals surface area (Å²) < 4.78 is 25.7. The first-order chi connectivity index (χ1) is 6.58. The molecule has 0 radical (unpaired) electrons. The maximum absolute atomic E-state index is 11.6. The third-order valence-electron chi connectivity index (χ3n) is 2.23. The van der Waals surface area contributed by atoms with Gasteiger partial charge in [-0.1, -0.05) is 0 Å². The summed E-state index contributed by atoms with van der Waals surface area (Å²) in [7, 11) is -3.36. The van der Waals surface area contributed by atoms with Crippen LogP contribution in [-0.4, -0.2) is 24.9 Å². The Labute approximate surface area is 83.0 Å². The minimum Gasteiger partial charge on any atom is -0.332 e. The normalized spacial score (nSPS) is 17.2. The second-order valence-corrected chi connectivity index (χ2v) is 5.36. The molecule has 0 spiro atoms. The number of hydrogen-bond acceptors (Lipinski definition) is 3. The number of rotatable bonds is 4. The van der Waals surface area contributed by atoms with Crippen molar-refractivity contribution in [3.63, 3.8) is 0 Å². The molecule has 5 nitrogen and oxygen atoms in total. The summed E-state index contributed by atoms with van der Waals surface area (Å²) >= 11 is 0. The average molecular weight is 215 g/mol. The van der Waals surface area contributed by atoms with E-state index in [2.05, 4.69) is 14.7 Å². The number of nitrogens with one attached hydrogen (secondary N) is 2. The van der Waals surface area contributed by atoms with Gasteiger partial charge in [0.25, 0.3) is 10.0 Å². The molecular weight excluding hydrogens is 202 g/mol. The third-order valence-corrected chi connectivity index (χ3v) is 3.56. The largest absolute Gasteiger partial charge is 0.332 e. The van der Waals surface area contributed by atoms with Gasteiger partial charge in [0.15, 0.2) is 5.03 Å². The highest BCUT2D eigenvalue weighted by molar-refractivity contribution is 7.89. The fourth-order valence-electron chi connectivity index (χ4n) is 1.16. The van der Waals surface area contributed by atoms with Crippen LogP contribution in [0.2, 0.25) is 0 Å². The molecule has 0 saturated heterocycles. The Hall–Kier alpha value is -0.880. The maximum Gasteiger partial charge on any atom is 0.257 e. The number of aromatic nitrogens is 2. The fraction of sp³-hybridized carbons (Fsp3) is 0.625. The van der Waals surface area contributed by atoms with Gasteiger partial charge >= 0.3 is 0 Å². The van der Waals surface area contributed by atoms with Gasteiger partial charge in [0.2, 0.25) is 0 Å². The number of nitrogens with zero attached hydrogens (tertiary/aromatic N) is 1. The minimum absolute atomic E-state index is 0.149. The van der Waals surface area contributed by atoms with Gasteiger partial charge < -0.3 is 4.98 Å². The van der Waals surface area contributed by atoms with E-state index in [0.29, 0.717) is 18.3 Å². The van der Waals surface area contributed by atoms with Gasteiger partial charge in [-0.3, -0.25) is 0 Å². The highest BCUT2D eigenvalue weighted by atomic mass is 32.2. The van der Waals surface area contributed by atoms with Crippen LogP contribution in [0.25, 0.3) is 0 Å². The summed E-state index contributed by atoms with van der Waals surface area (Å²) in [5.74, 6) is 1.14. The quantitative estimate of drug-likeness (QED) is 0.763. The first-order valence-electron chi connectivity index (χ1n) is 4.59.